The van der Waals surface area contributed by atoms with E-state index in [1.807, 2.05) is 0 Å². The van der Waals surface area contributed by atoms with Crippen LogP contribution in [0.1, 0.15) is 18.9 Å². The van der Waals surface area contributed by atoms with Crippen LogP contribution in [0.3, 0.4) is 0 Å². The largest absolute Gasteiger partial charge is 0.493 e. The molecule has 0 unspecified atom stereocenters. The zero-order valence-corrected chi connectivity index (χ0v) is 17.0. The molecule has 29 heavy (non-hydrogen) atoms. The molecule has 0 saturated carbocycles. The lowest BCUT2D eigenvalue weighted by atomic mass is 10.1. The molecule has 1 atom stereocenters. The van der Waals surface area contributed by atoms with Gasteiger partial charge < -0.3 is 24.5 Å². The van der Waals surface area contributed by atoms with E-state index in [0.29, 0.717) is 30.7 Å². The Balaban J connectivity index is 1.47. The van der Waals surface area contributed by atoms with E-state index >= 15 is 0 Å². The average molecular weight is 400 g/mol. The van der Waals surface area contributed by atoms with Gasteiger partial charge in [-0.25, -0.2) is 4.39 Å². The van der Waals surface area contributed by atoms with Gasteiger partial charge in [0.2, 0.25) is 0 Å². The SMILES string of the molecule is COc1cc(F)ccc1OCCN[C@H](C)Cc1ccc2c(ccn2CCCO)c1. The average Bonchev–Trinajstić information content (AvgIpc) is 3.12. The smallest absolute Gasteiger partial charge is 0.163 e. The van der Waals surface area contributed by atoms with Crippen LogP contribution in [0, 0.1) is 5.82 Å². The van der Waals surface area contributed by atoms with Crippen molar-refractivity contribution in [3.05, 3.63) is 60.0 Å². The third kappa shape index (κ3) is 5.71. The summed E-state index contributed by atoms with van der Waals surface area (Å²) < 4.78 is 26.3. The first-order chi connectivity index (χ1) is 14.1. The van der Waals surface area contributed by atoms with Gasteiger partial charge in [-0.2, -0.15) is 0 Å². The monoisotopic (exact) mass is 400 g/mol. The summed E-state index contributed by atoms with van der Waals surface area (Å²) in [6.07, 6.45) is 3.75. The molecule has 0 radical (unpaired) electrons. The van der Waals surface area contributed by atoms with E-state index in [1.165, 1.54) is 35.7 Å². The lowest BCUT2D eigenvalue weighted by Crippen LogP contribution is -2.31. The minimum Gasteiger partial charge on any atom is -0.493 e. The van der Waals surface area contributed by atoms with Crippen LogP contribution in [-0.4, -0.2) is 42.6 Å². The number of methoxy groups -OCH3 is 1. The molecular weight excluding hydrogens is 371 g/mol. The number of nitrogens with one attached hydrogen (secondary N) is 1. The van der Waals surface area contributed by atoms with Crippen LogP contribution in [-0.2, 0) is 13.0 Å². The third-order valence-corrected chi connectivity index (χ3v) is 4.91. The normalized spacial score (nSPS) is 12.3. The summed E-state index contributed by atoms with van der Waals surface area (Å²) >= 11 is 0. The maximum Gasteiger partial charge on any atom is 0.163 e. The number of fused-ring (bicyclic) bond motifs is 1. The Morgan fingerprint density at radius 3 is 2.79 bits per heavy atom. The van der Waals surface area contributed by atoms with Crippen LogP contribution in [0.25, 0.3) is 10.9 Å². The zero-order chi connectivity index (χ0) is 20.6. The lowest BCUT2D eigenvalue weighted by Gasteiger charge is -2.15. The van der Waals surface area contributed by atoms with Crippen LogP contribution in [0.2, 0.25) is 0 Å². The van der Waals surface area contributed by atoms with Gasteiger partial charge in [-0.1, -0.05) is 6.07 Å². The van der Waals surface area contributed by atoms with E-state index < -0.39 is 0 Å². The third-order valence-electron chi connectivity index (χ3n) is 4.91. The van der Waals surface area contributed by atoms with Crippen molar-refractivity contribution in [2.75, 3.05) is 26.9 Å². The van der Waals surface area contributed by atoms with Gasteiger partial charge in [0.15, 0.2) is 11.5 Å². The number of aliphatic hydroxyl groups excluding tert-OH is 1. The molecule has 0 aliphatic rings. The number of nitrogens with zero attached hydrogens (tertiary/aromatic N) is 1. The minimum atomic E-state index is -0.346. The maximum atomic E-state index is 13.2. The fourth-order valence-electron chi connectivity index (χ4n) is 3.47. The predicted octanol–water partition coefficient (Wildman–Crippen LogP) is 3.77. The molecular formula is C23H29FN2O3. The maximum absolute atomic E-state index is 13.2. The van der Waals surface area contributed by atoms with Crippen LogP contribution in [0.15, 0.2) is 48.7 Å². The Bertz CT molecular complexity index is 926. The molecule has 3 rings (SSSR count). The molecule has 2 aromatic carbocycles. The molecule has 0 spiro atoms. The number of halogens is 1. The van der Waals surface area contributed by atoms with E-state index in [9.17, 15) is 4.39 Å². The topological polar surface area (TPSA) is 55.7 Å². The number of hydrogen-bond donors (Lipinski definition) is 2. The fraction of sp³-hybridized carbons (Fsp3) is 0.391. The second-order valence-electron chi connectivity index (χ2n) is 7.18. The first kappa shape index (κ1) is 21.1. The quantitative estimate of drug-likeness (QED) is 0.481. The van der Waals surface area contributed by atoms with Gasteiger partial charge in [-0.3, -0.25) is 0 Å². The van der Waals surface area contributed by atoms with Crippen molar-refractivity contribution >= 4 is 10.9 Å². The summed E-state index contributed by atoms with van der Waals surface area (Å²) in [6.45, 7) is 4.34. The number of ether oxygens (including phenoxy) is 2. The Hall–Kier alpha value is -2.57. The van der Waals surface area contributed by atoms with Crippen molar-refractivity contribution in [3.63, 3.8) is 0 Å². The van der Waals surface area contributed by atoms with Crippen LogP contribution >= 0.6 is 0 Å². The lowest BCUT2D eigenvalue weighted by molar-refractivity contribution is 0.280. The molecule has 0 saturated heterocycles. The fourth-order valence-corrected chi connectivity index (χ4v) is 3.47. The van der Waals surface area contributed by atoms with Crippen LogP contribution in [0.5, 0.6) is 11.5 Å². The van der Waals surface area contributed by atoms with Gasteiger partial charge in [0.1, 0.15) is 12.4 Å². The van der Waals surface area contributed by atoms with Gasteiger partial charge >= 0.3 is 0 Å². The van der Waals surface area contributed by atoms with Gasteiger partial charge in [-0.15, -0.1) is 0 Å². The molecule has 3 aromatic rings. The number of aliphatic hydroxyl groups is 1. The summed E-state index contributed by atoms with van der Waals surface area (Å²) in [4.78, 5) is 0. The standard InChI is InChI=1S/C23H29FN2O3/c1-17(25-9-13-29-22-7-5-20(24)16-23(22)28-2)14-18-4-6-21-19(15-18)8-11-26(21)10-3-12-27/h4-8,11,15-17,25,27H,3,9-10,12-14H2,1-2H3/t17-/m1/s1. The predicted molar refractivity (Wildman–Crippen MR) is 113 cm³/mol. The number of hydrogen-bond acceptors (Lipinski definition) is 4. The van der Waals surface area contributed by atoms with Gasteiger partial charge in [0.25, 0.3) is 0 Å². The molecule has 0 fully saturated rings. The summed E-state index contributed by atoms with van der Waals surface area (Å²) in [5, 5.41) is 13.7. The van der Waals surface area contributed by atoms with Crippen molar-refractivity contribution < 1.29 is 19.0 Å². The van der Waals surface area contributed by atoms with Crippen molar-refractivity contribution in [1.29, 1.82) is 0 Å². The molecule has 0 aliphatic heterocycles. The number of aromatic nitrogens is 1. The molecule has 1 aromatic heterocycles. The van der Waals surface area contributed by atoms with Crippen LogP contribution < -0.4 is 14.8 Å². The molecule has 0 amide bonds. The highest BCUT2D eigenvalue weighted by molar-refractivity contribution is 5.80. The van der Waals surface area contributed by atoms with E-state index in [0.717, 1.165) is 19.4 Å². The van der Waals surface area contributed by atoms with Crippen molar-refractivity contribution in [2.24, 2.45) is 0 Å². The van der Waals surface area contributed by atoms with E-state index in [1.54, 1.807) is 6.07 Å². The van der Waals surface area contributed by atoms with Gasteiger partial charge in [-0.05, 0) is 61.0 Å². The summed E-state index contributed by atoms with van der Waals surface area (Å²) in [6, 6.07) is 13.2. The number of benzene rings is 2. The molecule has 2 N–H and O–H groups in total. The summed E-state index contributed by atoms with van der Waals surface area (Å²) in [5.41, 5.74) is 2.47. The number of aryl methyl sites for hydroxylation is 1. The number of rotatable bonds is 11. The van der Waals surface area contributed by atoms with E-state index in [4.69, 9.17) is 14.6 Å². The van der Waals surface area contributed by atoms with Gasteiger partial charge in [0.05, 0.1) is 7.11 Å². The van der Waals surface area contributed by atoms with E-state index in [-0.39, 0.29) is 12.4 Å². The summed E-state index contributed by atoms with van der Waals surface area (Å²) in [5.74, 6) is 0.596. The molecule has 6 heteroatoms. The first-order valence-corrected chi connectivity index (χ1v) is 9.99. The second-order valence-corrected chi connectivity index (χ2v) is 7.18. The van der Waals surface area contributed by atoms with Crippen LogP contribution in [0.4, 0.5) is 4.39 Å². The first-order valence-electron chi connectivity index (χ1n) is 9.99. The molecule has 1 heterocycles. The molecule has 0 bridgehead atoms. The Kier molecular flexibility index (Phi) is 7.49. The highest BCUT2D eigenvalue weighted by Crippen LogP contribution is 2.27. The summed E-state index contributed by atoms with van der Waals surface area (Å²) in [7, 11) is 1.50. The molecule has 156 valence electrons. The van der Waals surface area contributed by atoms with E-state index in [2.05, 4.69) is 47.3 Å². The minimum absolute atomic E-state index is 0.207. The van der Waals surface area contributed by atoms with Gasteiger partial charge in [0, 0.05) is 43.5 Å². The highest BCUT2D eigenvalue weighted by Gasteiger charge is 2.08. The van der Waals surface area contributed by atoms with Crippen molar-refractivity contribution in [1.82, 2.24) is 9.88 Å². The Morgan fingerprint density at radius 2 is 2.00 bits per heavy atom. The zero-order valence-electron chi connectivity index (χ0n) is 17.0. The second kappa shape index (κ2) is 10.3. The molecule has 0 aliphatic carbocycles. The molecule has 5 nitrogen and oxygen atoms in total. The van der Waals surface area contributed by atoms with Crippen molar-refractivity contribution in [3.8, 4) is 11.5 Å². The highest BCUT2D eigenvalue weighted by atomic mass is 19.1. The Morgan fingerprint density at radius 1 is 1.14 bits per heavy atom. The Labute approximate surface area is 171 Å². The van der Waals surface area contributed by atoms with Crippen molar-refractivity contribution in [2.45, 2.75) is 32.4 Å².